The summed E-state index contributed by atoms with van der Waals surface area (Å²) >= 11 is 4.99. The number of hydrogen-bond acceptors (Lipinski definition) is 4. The molecule has 1 aliphatic heterocycles. The number of aromatic nitrogens is 2. The second-order valence-corrected chi connectivity index (χ2v) is 4.91. The molecule has 0 atom stereocenters. The van der Waals surface area contributed by atoms with Gasteiger partial charge in [-0.15, -0.1) is 6.58 Å². The maximum atomic E-state index is 12.4. The fourth-order valence-corrected chi connectivity index (χ4v) is 2.32. The molecule has 110 valence electrons. The molecular formula is C14H16N4O2S. The van der Waals surface area contributed by atoms with E-state index in [1.807, 2.05) is 13.8 Å². The van der Waals surface area contributed by atoms with Crippen LogP contribution in [0.2, 0.25) is 0 Å². The average Bonchev–Trinajstić information content (AvgIpc) is 2.80. The monoisotopic (exact) mass is 304 g/mol. The molecule has 0 unspecified atom stereocenters. The molecule has 1 fully saturated rings. The molecule has 1 aliphatic rings. The van der Waals surface area contributed by atoms with Crippen LogP contribution in [0.15, 0.2) is 24.4 Å². The highest BCUT2D eigenvalue weighted by Crippen LogP contribution is 2.17. The van der Waals surface area contributed by atoms with E-state index in [4.69, 9.17) is 12.2 Å². The maximum Gasteiger partial charge on any atom is 0.265 e. The summed E-state index contributed by atoms with van der Waals surface area (Å²) in [6.07, 6.45) is 4.74. The Morgan fingerprint density at radius 3 is 2.76 bits per heavy atom. The molecule has 2 heterocycles. The van der Waals surface area contributed by atoms with E-state index in [0.717, 1.165) is 17.8 Å². The third kappa shape index (κ3) is 2.78. The summed E-state index contributed by atoms with van der Waals surface area (Å²) in [6.45, 7) is 8.42. The lowest BCUT2D eigenvalue weighted by Gasteiger charge is -2.27. The molecular weight excluding hydrogens is 288 g/mol. The van der Waals surface area contributed by atoms with Gasteiger partial charge in [-0.3, -0.25) is 24.5 Å². The summed E-state index contributed by atoms with van der Waals surface area (Å²) in [4.78, 5) is 25.7. The zero-order valence-corrected chi connectivity index (χ0v) is 12.7. The Bertz CT molecular complexity index is 660. The largest absolute Gasteiger partial charge is 0.298 e. The Morgan fingerprint density at radius 1 is 1.48 bits per heavy atom. The molecule has 0 saturated carbocycles. The lowest BCUT2D eigenvalue weighted by atomic mass is 10.1. The van der Waals surface area contributed by atoms with Gasteiger partial charge in [-0.1, -0.05) is 6.08 Å². The molecule has 6 nitrogen and oxygen atoms in total. The Morgan fingerprint density at radius 2 is 2.19 bits per heavy atom. The number of hydrogen-bond donors (Lipinski definition) is 1. The van der Waals surface area contributed by atoms with Gasteiger partial charge >= 0.3 is 0 Å². The summed E-state index contributed by atoms with van der Waals surface area (Å²) in [6, 6.07) is 0. The van der Waals surface area contributed by atoms with Gasteiger partial charge in [0.05, 0.1) is 6.20 Å². The van der Waals surface area contributed by atoms with Gasteiger partial charge in [0.2, 0.25) is 0 Å². The second-order valence-electron chi connectivity index (χ2n) is 4.52. The molecule has 2 amide bonds. The fraction of sp³-hybridized carbons (Fsp3) is 0.286. The summed E-state index contributed by atoms with van der Waals surface area (Å²) in [5.41, 5.74) is 1.68. The van der Waals surface area contributed by atoms with E-state index in [9.17, 15) is 9.59 Å². The summed E-state index contributed by atoms with van der Waals surface area (Å²) in [5.74, 6) is -0.916. The lowest BCUT2D eigenvalue weighted by molar-refractivity contribution is -0.128. The summed E-state index contributed by atoms with van der Waals surface area (Å²) in [5, 5.41) is 6.80. The first-order valence-electron chi connectivity index (χ1n) is 6.51. The topological polar surface area (TPSA) is 67.2 Å². The Kier molecular flexibility index (Phi) is 4.32. The first-order chi connectivity index (χ1) is 9.99. The third-order valence-electron chi connectivity index (χ3n) is 3.24. The van der Waals surface area contributed by atoms with Gasteiger partial charge in [0.25, 0.3) is 11.8 Å². The fourth-order valence-electron chi connectivity index (χ4n) is 2.07. The van der Waals surface area contributed by atoms with E-state index >= 15 is 0 Å². The molecule has 2 rings (SSSR count). The predicted octanol–water partition coefficient (Wildman–Crippen LogP) is 1.02. The molecule has 1 aromatic rings. The number of nitrogens with one attached hydrogen (secondary N) is 1. The van der Waals surface area contributed by atoms with E-state index in [-0.39, 0.29) is 17.2 Å². The van der Waals surface area contributed by atoms with Crippen LogP contribution in [0.1, 0.15) is 18.2 Å². The third-order valence-corrected chi connectivity index (χ3v) is 3.56. The van der Waals surface area contributed by atoms with Crippen molar-refractivity contribution >= 4 is 35.2 Å². The molecule has 7 heteroatoms. The van der Waals surface area contributed by atoms with Crippen molar-refractivity contribution in [2.24, 2.45) is 0 Å². The van der Waals surface area contributed by atoms with E-state index in [2.05, 4.69) is 17.0 Å². The minimum absolute atomic E-state index is 0.0456. The molecule has 21 heavy (non-hydrogen) atoms. The van der Waals surface area contributed by atoms with Crippen molar-refractivity contribution in [2.45, 2.75) is 20.4 Å². The van der Waals surface area contributed by atoms with Gasteiger partial charge in [-0.2, -0.15) is 5.10 Å². The van der Waals surface area contributed by atoms with E-state index in [0.29, 0.717) is 0 Å². The average molecular weight is 304 g/mol. The highest BCUT2D eigenvalue weighted by Gasteiger charge is 2.32. The van der Waals surface area contributed by atoms with Crippen LogP contribution in [-0.2, 0) is 16.1 Å². The quantitative estimate of drug-likeness (QED) is 0.390. The van der Waals surface area contributed by atoms with Crippen LogP contribution in [-0.4, -0.2) is 38.2 Å². The number of carbonyl (C=O) groups excluding carboxylic acids is 2. The number of nitrogens with zero attached hydrogens (tertiary/aromatic N) is 3. The first kappa shape index (κ1) is 15.1. The normalized spacial score (nSPS) is 17.3. The minimum Gasteiger partial charge on any atom is -0.298 e. The number of carbonyl (C=O) groups is 2. The molecule has 1 saturated heterocycles. The smallest absolute Gasteiger partial charge is 0.265 e. The van der Waals surface area contributed by atoms with Gasteiger partial charge in [0.1, 0.15) is 5.57 Å². The number of rotatable bonds is 4. The first-order valence-corrected chi connectivity index (χ1v) is 6.92. The minimum atomic E-state index is -0.492. The number of aryl methyl sites for hydroxylation is 1. The molecule has 0 spiro atoms. The second kappa shape index (κ2) is 6.01. The molecule has 1 aromatic heterocycles. The molecule has 0 radical (unpaired) electrons. The van der Waals surface area contributed by atoms with Crippen LogP contribution >= 0.6 is 12.2 Å². The zero-order chi connectivity index (χ0) is 15.6. The van der Waals surface area contributed by atoms with Gasteiger partial charge in [-0.25, -0.2) is 0 Å². The Hall–Kier alpha value is -2.28. The standard InChI is InChI=1S/C14H16N4O2S/c1-4-6-17-13(20)11(12(19)16-14(17)21)7-10-8-15-18(5-2)9(10)3/h4,7-8H,1,5-6H2,2-3H3,(H,16,19,21). The van der Waals surface area contributed by atoms with Gasteiger partial charge in [0.15, 0.2) is 5.11 Å². The van der Waals surface area contributed by atoms with Crippen molar-refractivity contribution in [1.29, 1.82) is 0 Å². The van der Waals surface area contributed by atoms with Crippen molar-refractivity contribution in [1.82, 2.24) is 20.0 Å². The van der Waals surface area contributed by atoms with Crippen LogP contribution in [0.25, 0.3) is 6.08 Å². The maximum absolute atomic E-state index is 12.4. The molecule has 0 aliphatic carbocycles. The van der Waals surface area contributed by atoms with Crippen molar-refractivity contribution in [3.8, 4) is 0 Å². The van der Waals surface area contributed by atoms with E-state index in [1.54, 1.807) is 23.0 Å². The van der Waals surface area contributed by atoms with Gasteiger partial charge in [0, 0.05) is 24.3 Å². The number of thiocarbonyl (C=S) groups is 1. The molecule has 1 N–H and O–H groups in total. The highest BCUT2D eigenvalue weighted by molar-refractivity contribution is 7.80. The Balaban J connectivity index is 2.40. The highest BCUT2D eigenvalue weighted by atomic mass is 32.1. The van der Waals surface area contributed by atoms with Crippen molar-refractivity contribution < 1.29 is 9.59 Å². The van der Waals surface area contributed by atoms with Crippen molar-refractivity contribution in [2.75, 3.05) is 6.54 Å². The lowest BCUT2D eigenvalue weighted by Crippen LogP contribution is -2.53. The van der Waals surface area contributed by atoms with E-state index in [1.165, 1.54) is 4.90 Å². The Labute approximate surface area is 128 Å². The van der Waals surface area contributed by atoms with Crippen LogP contribution in [0.3, 0.4) is 0 Å². The summed E-state index contributed by atoms with van der Waals surface area (Å²) in [7, 11) is 0. The summed E-state index contributed by atoms with van der Waals surface area (Å²) < 4.78 is 1.80. The molecule has 0 bridgehead atoms. The van der Waals surface area contributed by atoms with Gasteiger partial charge in [-0.05, 0) is 32.1 Å². The van der Waals surface area contributed by atoms with Crippen LogP contribution < -0.4 is 5.32 Å². The molecule has 0 aromatic carbocycles. The van der Waals surface area contributed by atoms with Gasteiger partial charge < -0.3 is 0 Å². The zero-order valence-electron chi connectivity index (χ0n) is 11.9. The van der Waals surface area contributed by atoms with Crippen LogP contribution in [0.4, 0.5) is 0 Å². The van der Waals surface area contributed by atoms with E-state index < -0.39 is 11.8 Å². The van der Waals surface area contributed by atoms with Crippen LogP contribution in [0.5, 0.6) is 0 Å². The van der Waals surface area contributed by atoms with Crippen molar-refractivity contribution in [3.05, 3.63) is 35.7 Å². The van der Waals surface area contributed by atoms with Crippen molar-refractivity contribution in [3.63, 3.8) is 0 Å². The number of amides is 2. The van der Waals surface area contributed by atoms with Crippen LogP contribution in [0, 0.1) is 6.92 Å². The SMILES string of the molecule is C=CCN1C(=O)C(=Cc2cnn(CC)c2C)C(=O)NC1=S. The predicted molar refractivity (Wildman–Crippen MR) is 83.3 cm³/mol.